The molecule has 0 aromatic rings. The molecule has 0 bridgehead atoms. The molecular weight excluding hydrogens is 108 g/mol. The molecule has 0 aromatic carbocycles. The maximum absolute atomic E-state index is 4.77. The summed E-state index contributed by atoms with van der Waals surface area (Å²) in [5, 5.41) is 0. The molecule has 0 aliphatic heterocycles. The second-order valence-electron chi connectivity index (χ2n) is 0.375. The molecule has 0 rings (SSSR count). The van der Waals surface area contributed by atoms with E-state index in [1.165, 1.54) is 6.20 Å². The third-order valence-electron chi connectivity index (χ3n) is 0.120. The Kier molecular flexibility index (Phi) is 3.75. The Morgan fingerprint density at radius 2 is 2.60 bits per heavy atom. The number of nitrogens with one attached hydrogen (secondary N) is 1. The molecule has 5 heavy (non-hydrogen) atoms. The van der Waals surface area contributed by atoms with Crippen molar-refractivity contribution in [3.63, 3.8) is 0 Å². The Hall–Kier alpha value is -0.141. The van der Waals surface area contributed by atoms with Crippen molar-refractivity contribution in [2.45, 2.75) is 0 Å². The summed E-state index contributed by atoms with van der Waals surface area (Å²) in [7, 11) is 0. The Bertz CT molecular complexity index is 36.9. The van der Waals surface area contributed by atoms with E-state index in [1.54, 1.807) is 0 Å². The van der Waals surface area contributed by atoms with Crippen molar-refractivity contribution in [3.05, 3.63) is 12.8 Å². The molecule has 0 radical (unpaired) electrons. The van der Waals surface area contributed by atoms with Gasteiger partial charge in [0.15, 0.2) is 0 Å². The molecule has 0 aliphatic rings. The molecule has 0 amide bonds. The molecule has 29 valence electrons. The first-order valence-electron chi connectivity index (χ1n) is 1.00. The first-order valence-corrected chi connectivity index (χ1v) is 1.50. The SMILES string of the molecule is [CH-]=CN[N]=[Fe+]. The minimum absolute atomic E-state index is 1.20. The summed E-state index contributed by atoms with van der Waals surface area (Å²) in [5.74, 6) is 0. The average molecular weight is 111 g/mol. The van der Waals surface area contributed by atoms with E-state index in [1.807, 2.05) is 0 Å². The Balaban J connectivity index is 2.65. The molecule has 2 nitrogen and oxygen atoms in total. The van der Waals surface area contributed by atoms with Crippen molar-refractivity contribution in [1.82, 2.24) is 5.43 Å². The number of hydrogen-bond acceptors (Lipinski definition) is 2. The summed E-state index contributed by atoms with van der Waals surface area (Å²) >= 11 is 3.08. The summed E-state index contributed by atoms with van der Waals surface area (Å²) < 4.78 is 3.17. The van der Waals surface area contributed by atoms with Gasteiger partial charge in [0, 0.05) is 0 Å². The van der Waals surface area contributed by atoms with Crippen LogP contribution in [0.2, 0.25) is 0 Å². The van der Waals surface area contributed by atoms with Gasteiger partial charge in [-0.1, -0.05) is 0 Å². The van der Waals surface area contributed by atoms with Gasteiger partial charge in [-0.15, -0.1) is 0 Å². The van der Waals surface area contributed by atoms with E-state index in [9.17, 15) is 0 Å². The molecule has 0 saturated heterocycles. The van der Waals surface area contributed by atoms with Crippen LogP contribution in [0.4, 0.5) is 0 Å². The first kappa shape index (κ1) is 4.86. The third kappa shape index (κ3) is 3.86. The van der Waals surface area contributed by atoms with Gasteiger partial charge in [0.05, 0.1) is 0 Å². The Morgan fingerprint density at radius 1 is 2.00 bits per heavy atom. The van der Waals surface area contributed by atoms with Crippen molar-refractivity contribution in [1.29, 1.82) is 0 Å². The molecule has 0 aliphatic carbocycles. The van der Waals surface area contributed by atoms with Crippen molar-refractivity contribution < 1.29 is 15.8 Å². The summed E-state index contributed by atoms with van der Waals surface area (Å²) in [6.45, 7) is 4.77. The fourth-order valence-corrected chi connectivity index (χ4v) is 0.109. The topological polar surface area (TPSA) is 24.4 Å². The van der Waals surface area contributed by atoms with Crippen LogP contribution in [0.5, 0.6) is 0 Å². The second-order valence-corrected chi connectivity index (χ2v) is 0.622. The van der Waals surface area contributed by atoms with Crippen LogP contribution in [-0.2, 0) is 15.8 Å². The zero-order valence-electron chi connectivity index (χ0n) is 2.46. The zero-order chi connectivity index (χ0) is 4.12. The van der Waals surface area contributed by atoms with Crippen LogP contribution in [0, 0.1) is 6.58 Å². The zero-order valence-corrected chi connectivity index (χ0v) is 3.56. The molecule has 3 heteroatoms. The van der Waals surface area contributed by atoms with Gasteiger partial charge in [0.2, 0.25) is 0 Å². The third-order valence-corrected chi connectivity index (χ3v) is 0.263. The predicted octanol–water partition coefficient (Wildman–Crippen LogP) is 0.168. The van der Waals surface area contributed by atoms with Gasteiger partial charge in [0.25, 0.3) is 0 Å². The molecule has 0 fully saturated rings. The monoisotopic (exact) mass is 111 g/mol. The predicted molar refractivity (Wildman–Crippen MR) is 14.4 cm³/mol. The van der Waals surface area contributed by atoms with E-state index in [2.05, 4.69) is 25.3 Å². The fraction of sp³-hybridized carbons (Fsp3) is 0. The van der Waals surface area contributed by atoms with Crippen LogP contribution in [0.15, 0.2) is 10.3 Å². The van der Waals surface area contributed by atoms with E-state index >= 15 is 0 Å². The maximum atomic E-state index is 4.77. The Labute approximate surface area is 38.8 Å². The number of nitrogens with zero attached hydrogens (tertiary/aromatic N) is 1. The van der Waals surface area contributed by atoms with Gasteiger partial charge in [-0.25, -0.2) is 0 Å². The van der Waals surface area contributed by atoms with Gasteiger partial charge >= 0.3 is 38.1 Å². The normalized spacial score (nSPS) is 5.60. The van der Waals surface area contributed by atoms with Crippen LogP contribution in [0.3, 0.4) is 0 Å². The van der Waals surface area contributed by atoms with Crippen LogP contribution in [0.1, 0.15) is 0 Å². The average Bonchev–Trinajstić information content (AvgIpc) is 1.41. The molecular formula is C2H3FeN2. The van der Waals surface area contributed by atoms with Gasteiger partial charge in [-0.05, 0) is 0 Å². The summed E-state index contributed by atoms with van der Waals surface area (Å²) in [6.07, 6.45) is 1.20. The molecule has 0 spiro atoms. The fourth-order valence-electron chi connectivity index (χ4n) is 0.0264. The van der Waals surface area contributed by atoms with E-state index in [4.69, 9.17) is 6.58 Å². The summed E-state index contributed by atoms with van der Waals surface area (Å²) in [4.78, 5) is 0. The van der Waals surface area contributed by atoms with Crippen molar-refractivity contribution >= 4 is 0 Å². The van der Waals surface area contributed by atoms with Gasteiger partial charge in [-0.2, -0.15) is 0 Å². The minimum atomic E-state index is 1.20. The number of hydrogen-bond donors (Lipinski definition) is 1. The molecule has 0 saturated carbocycles. The van der Waals surface area contributed by atoms with Crippen LogP contribution < -0.4 is 5.43 Å². The Morgan fingerprint density at radius 3 is 2.60 bits per heavy atom. The van der Waals surface area contributed by atoms with E-state index < -0.39 is 0 Å². The van der Waals surface area contributed by atoms with Crippen molar-refractivity contribution in [2.24, 2.45) is 4.07 Å². The molecule has 0 unspecified atom stereocenters. The van der Waals surface area contributed by atoms with Crippen LogP contribution >= 0.6 is 0 Å². The molecule has 1 N–H and O–H groups in total. The summed E-state index contributed by atoms with van der Waals surface area (Å²) in [5.41, 5.74) is 2.28. The van der Waals surface area contributed by atoms with Gasteiger partial charge < -0.3 is 0 Å². The molecule has 0 atom stereocenters. The van der Waals surface area contributed by atoms with Crippen LogP contribution in [0.25, 0.3) is 0 Å². The van der Waals surface area contributed by atoms with E-state index in [0.717, 1.165) is 0 Å². The number of rotatable bonds is 2. The second kappa shape index (κ2) is 3.86. The van der Waals surface area contributed by atoms with E-state index in [-0.39, 0.29) is 0 Å². The summed E-state index contributed by atoms with van der Waals surface area (Å²) in [6, 6.07) is 0. The molecule has 0 heterocycles. The standard InChI is InChI=1S/C2H3N2.Fe/c1-2-4-3;/h1-2,4H;/q-1;+1. The van der Waals surface area contributed by atoms with Crippen molar-refractivity contribution in [2.75, 3.05) is 0 Å². The van der Waals surface area contributed by atoms with Gasteiger partial charge in [0.1, 0.15) is 0 Å². The molecule has 0 aromatic heterocycles. The van der Waals surface area contributed by atoms with Gasteiger partial charge in [-0.3, -0.25) is 0 Å². The quantitative estimate of drug-likeness (QED) is 0.306. The van der Waals surface area contributed by atoms with Crippen molar-refractivity contribution in [3.8, 4) is 0 Å². The van der Waals surface area contributed by atoms with Crippen LogP contribution in [-0.4, -0.2) is 0 Å². The van der Waals surface area contributed by atoms with E-state index in [0.29, 0.717) is 0 Å². The first-order chi connectivity index (χ1) is 2.41.